The third-order valence-electron chi connectivity index (χ3n) is 3.38. The number of methoxy groups -OCH3 is 1. The number of ether oxygens (including phenoxy) is 2. The zero-order valence-electron chi connectivity index (χ0n) is 11.6. The molecule has 0 radical (unpaired) electrons. The fraction of sp³-hybridized carbons (Fsp3) is 0.533. The van der Waals surface area contributed by atoms with Gasteiger partial charge in [-0.3, -0.25) is 4.79 Å². The summed E-state index contributed by atoms with van der Waals surface area (Å²) in [5.74, 6) is 0.869. The summed E-state index contributed by atoms with van der Waals surface area (Å²) in [5.41, 5.74) is 1.29. The SMILES string of the molecule is COC(=O)CCCN(C)CC1Cc2ccccc2O1. The Morgan fingerprint density at radius 1 is 1.47 bits per heavy atom. The van der Waals surface area contributed by atoms with Gasteiger partial charge in [0.2, 0.25) is 0 Å². The van der Waals surface area contributed by atoms with Gasteiger partial charge in [-0.2, -0.15) is 0 Å². The molecule has 0 amide bonds. The Labute approximate surface area is 114 Å². The lowest BCUT2D eigenvalue weighted by atomic mass is 10.1. The number of carbonyl (C=O) groups excluding carboxylic acids is 1. The molecule has 19 heavy (non-hydrogen) atoms. The molecule has 0 bridgehead atoms. The van der Waals surface area contributed by atoms with E-state index in [9.17, 15) is 4.79 Å². The molecule has 2 rings (SSSR count). The predicted octanol–water partition coefficient (Wildman–Crippen LogP) is 1.88. The van der Waals surface area contributed by atoms with Gasteiger partial charge in [-0.1, -0.05) is 18.2 Å². The van der Waals surface area contributed by atoms with Crippen molar-refractivity contribution in [2.75, 3.05) is 27.2 Å². The molecule has 1 aromatic rings. The monoisotopic (exact) mass is 263 g/mol. The largest absolute Gasteiger partial charge is 0.488 e. The van der Waals surface area contributed by atoms with Crippen molar-refractivity contribution in [3.05, 3.63) is 29.8 Å². The first-order chi connectivity index (χ1) is 9.19. The highest BCUT2D eigenvalue weighted by Gasteiger charge is 2.23. The molecule has 1 atom stereocenters. The zero-order valence-corrected chi connectivity index (χ0v) is 11.6. The number of esters is 1. The van der Waals surface area contributed by atoms with Crippen LogP contribution in [0.15, 0.2) is 24.3 Å². The number of hydrogen-bond acceptors (Lipinski definition) is 4. The lowest BCUT2D eigenvalue weighted by Gasteiger charge is -2.20. The Balaban J connectivity index is 1.70. The van der Waals surface area contributed by atoms with E-state index < -0.39 is 0 Å². The van der Waals surface area contributed by atoms with Crippen LogP contribution in [0.1, 0.15) is 18.4 Å². The topological polar surface area (TPSA) is 38.8 Å². The number of para-hydroxylation sites is 1. The molecule has 104 valence electrons. The first kappa shape index (κ1) is 13.9. The van der Waals surface area contributed by atoms with Gasteiger partial charge in [0, 0.05) is 19.4 Å². The van der Waals surface area contributed by atoms with Crippen molar-refractivity contribution in [3.63, 3.8) is 0 Å². The Kier molecular flexibility index (Phi) is 4.80. The zero-order chi connectivity index (χ0) is 13.7. The molecular formula is C15H21NO3. The van der Waals surface area contributed by atoms with E-state index >= 15 is 0 Å². The molecule has 4 heteroatoms. The standard InChI is InChI=1S/C15H21NO3/c1-16(9-5-8-15(17)18-2)11-13-10-12-6-3-4-7-14(12)19-13/h3-4,6-7,13H,5,8-11H2,1-2H3. The molecule has 0 fully saturated rings. The summed E-state index contributed by atoms with van der Waals surface area (Å²) in [7, 11) is 3.49. The molecule has 0 aromatic heterocycles. The van der Waals surface area contributed by atoms with Crippen molar-refractivity contribution in [1.29, 1.82) is 0 Å². The van der Waals surface area contributed by atoms with Crippen LogP contribution in [-0.4, -0.2) is 44.2 Å². The van der Waals surface area contributed by atoms with E-state index in [2.05, 4.69) is 22.8 Å². The number of benzene rings is 1. The fourth-order valence-corrected chi connectivity index (χ4v) is 2.39. The Hall–Kier alpha value is -1.55. The summed E-state index contributed by atoms with van der Waals surface area (Å²) in [6, 6.07) is 8.19. The minimum atomic E-state index is -0.141. The smallest absolute Gasteiger partial charge is 0.305 e. The maximum atomic E-state index is 11.0. The Morgan fingerprint density at radius 3 is 3.00 bits per heavy atom. The molecule has 0 spiro atoms. The van der Waals surface area contributed by atoms with E-state index in [4.69, 9.17) is 4.74 Å². The van der Waals surface area contributed by atoms with Crippen molar-refractivity contribution >= 4 is 5.97 Å². The number of rotatable bonds is 6. The van der Waals surface area contributed by atoms with Crippen molar-refractivity contribution in [1.82, 2.24) is 4.90 Å². The second-order valence-corrected chi connectivity index (χ2v) is 4.99. The molecule has 1 heterocycles. The number of hydrogen-bond donors (Lipinski definition) is 0. The first-order valence-corrected chi connectivity index (χ1v) is 6.69. The maximum Gasteiger partial charge on any atom is 0.305 e. The molecule has 4 nitrogen and oxygen atoms in total. The molecule has 1 aliphatic heterocycles. The average Bonchev–Trinajstić information content (AvgIpc) is 2.80. The minimum absolute atomic E-state index is 0.141. The number of fused-ring (bicyclic) bond motifs is 1. The lowest BCUT2D eigenvalue weighted by Crippen LogP contribution is -2.32. The van der Waals surface area contributed by atoms with E-state index in [1.54, 1.807) is 0 Å². The van der Waals surface area contributed by atoms with Crippen LogP contribution in [0.3, 0.4) is 0 Å². The van der Waals surface area contributed by atoms with Crippen LogP contribution >= 0.6 is 0 Å². The van der Waals surface area contributed by atoms with Crippen LogP contribution in [0.2, 0.25) is 0 Å². The van der Waals surface area contributed by atoms with Crippen LogP contribution < -0.4 is 4.74 Å². The van der Waals surface area contributed by atoms with Crippen LogP contribution in [0.25, 0.3) is 0 Å². The van der Waals surface area contributed by atoms with E-state index in [-0.39, 0.29) is 12.1 Å². The van der Waals surface area contributed by atoms with Gasteiger partial charge in [0.1, 0.15) is 11.9 Å². The second-order valence-electron chi connectivity index (χ2n) is 4.99. The van der Waals surface area contributed by atoms with Gasteiger partial charge in [0.05, 0.1) is 7.11 Å². The second kappa shape index (κ2) is 6.57. The summed E-state index contributed by atoms with van der Waals surface area (Å²) < 4.78 is 10.5. The number of likely N-dealkylation sites (N-methyl/N-ethyl adjacent to an activating group) is 1. The molecule has 0 saturated heterocycles. The van der Waals surface area contributed by atoms with Gasteiger partial charge in [-0.05, 0) is 31.6 Å². The highest BCUT2D eigenvalue weighted by molar-refractivity contribution is 5.69. The normalized spacial score (nSPS) is 17.1. The van der Waals surface area contributed by atoms with E-state index in [1.165, 1.54) is 12.7 Å². The minimum Gasteiger partial charge on any atom is -0.488 e. The quantitative estimate of drug-likeness (QED) is 0.735. The van der Waals surface area contributed by atoms with Crippen molar-refractivity contribution in [2.45, 2.75) is 25.4 Å². The highest BCUT2D eigenvalue weighted by Crippen LogP contribution is 2.28. The number of carbonyl (C=O) groups is 1. The van der Waals surface area contributed by atoms with Gasteiger partial charge in [0.15, 0.2) is 0 Å². The van der Waals surface area contributed by atoms with Gasteiger partial charge in [-0.25, -0.2) is 0 Å². The molecular weight excluding hydrogens is 242 g/mol. The summed E-state index contributed by atoms with van der Waals surface area (Å²) >= 11 is 0. The number of nitrogens with zero attached hydrogens (tertiary/aromatic N) is 1. The van der Waals surface area contributed by atoms with Crippen molar-refractivity contribution in [2.24, 2.45) is 0 Å². The van der Waals surface area contributed by atoms with Crippen molar-refractivity contribution < 1.29 is 14.3 Å². The Morgan fingerprint density at radius 2 is 2.26 bits per heavy atom. The first-order valence-electron chi connectivity index (χ1n) is 6.69. The van der Waals surface area contributed by atoms with E-state index in [0.29, 0.717) is 6.42 Å². The highest BCUT2D eigenvalue weighted by atomic mass is 16.5. The summed E-state index contributed by atoms with van der Waals surface area (Å²) in [4.78, 5) is 13.2. The summed E-state index contributed by atoms with van der Waals surface area (Å²) in [5, 5.41) is 0. The fourth-order valence-electron chi connectivity index (χ4n) is 2.39. The predicted molar refractivity (Wildman–Crippen MR) is 73.3 cm³/mol. The van der Waals surface area contributed by atoms with Gasteiger partial charge in [0.25, 0.3) is 0 Å². The molecule has 0 saturated carbocycles. The molecule has 1 aliphatic rings. The molecule has 0 N–H and O–H groups in total. The van der Waals surface area contributed by atoms with Gasteiger partial charge >= 0.3 is 5.97 Å². The van der Waals surface area contributed by atoms with Crippen LogP contribution in [-0.2, 0) is 16.0 Å². The summed E-state index contributed by atoms with van der Waals surface area (Å²) in [6.07, 6.45) is 2.49. The molecule has 0 aliphatic carbocycles. The van der Waals surface area contributed by atoms with Crippen LogP contribution in [0.5, 0.6) is 5.75 Å². The third kappa shape index (κ3) is 3.96. The molecule has 1 unspecified atom stereocenters. The van der Waals surface area contributed by atoms with E-state index in [1.807, 2.05) is 18.2 Å². The van der Waals surface area contributed by atoms with Crippen molar-refractivity contribution in [3.8, 4) is 5.75 Å². The van der Waals surface area contributed by atoms with Crippen LogP contribution in [0, 0.1) is 0 Å². The lowest BCUT2D eigenvalue weighted by molar-refractivity contribution is -0.140. The molecule has 1 aromatic carbocycles. The van der Waals surface area contributed by atoms with E-state index in [0.717, 1.165) is 31.7 Å². The third-order valence-corrected chi connectivity index (χ3v) is 3.38. The average molecular weight is 263 g/mol. The van der Waals surface area contributed by atoms with Gasteiger partial charge in [-0.15, -0.1) is 0 Å². The van der Waals surface area contributed by atoms with Crippen LogP contribution in [0.4, 0.5) is 0 Å². The maximum absolute atomic E-state index is 11.0. The van der Waals surface area contributed by atoms with Gasteiger partial charge < -0.3 is 14.4 Å². The Bertz CT molecular complexity index is 408. The summed E-state index contributed by atoms with van der Waals surface area (Å²) in [6.45, 7) is 1.77.